The molecule has 0 aromatic heterocycles. The Labute approximate surface area is 119 Å². The quantitative estimate of drug-likeness (QED) is 0.792. The van der Waals surface area contributed by atoms with Crippen molar-refractivity contribution in [2.75, 3.05) is 39.3 Å². The highest BCUT2D eigenvalue weighted by Gasteiger charge is 2.27. The van der Waals surface area contributed by atoms with Gasteiger partial charge in [-0.05, 0) is 32.2 Å². The van der Waals surface area contributed by atoms with Crippen molar-refractivity contribution in [3.05, 3.63) is 0 Å². The Kier molecular flexibility index (Phi) is 5.37. The SMILES string of the molecule is CC1CN(C(=O)CN2CCC(CCC(=O)O)C2)CCO1. The number of amides is 1. The molecule has 0 radical (unpaired) electrons. The topological polar surface area (TPSA) is 70.1 Å². The molecule has 0 spiro atoms. The fraction of sp³-hybridized carbons (Fsp3) is 0.857. The number of nitrogens with zero attached hydrogens (tertiary/aromatic N) is 2. The lowest BCUT2D eigenvalue weighted by atomic mass is 10.0. The maximum atomic E-state index is 12.2. The molecule has 2 saturated heterocycles. The minimum atomic E-state index is -0.734. The molecule has 1 N–H and O–H groups in total. The van der Waals surface area contributed by atoms with E-state index in [4.69, 9.17) is 9.84 Å². The maximum Gasteiger partial charge on any atom is 0.303 e. The van der Waals surface area contributed by atoms with Crippen LogP contribution < -0.4 is 0 Å². The summed E-state index contributed by atoms with van der Waals surface area (Å²) in [6, 6.07) is 0. The number of ether oxygens (including phenoxy) is 1. The summed E-state index contributed by atoms with van der Waals surface area (Å²) in [5.74, 6) is -0.150. The number of hydrogen-bond donors (Lipinski definition) is 1. The van der Waals surface area contributed by atoms with Crippen molar-refractivity contribution >= 4 is 11.9 Å². The summed E-state index contributed by atoms with van der Waals surface area (Å²) in [6.07, 6.45) is 2.07. The highest BCUT2D eigenvalue weighted by Crippen LogP contribution is 2.21. The lowest BCUT2D eigenvalue weighted by molar-refractivity contribution is -0.139. The monoisotopic (exact) mass is 284 g/mol. The normalized spacial score (nSPS) is 27.8. The van der Waals surface area contributed by atoms with E-state index in [0.717, 1.165) is 19.5 Å². The van der Waals surface area contributed by atoms with Crippen molar-refractivity contribution in [1.29, 1.82) is 0 Å². The van der Waals surface area contributed by atoms with E-state index in [1.165, 1.54) is 0 Å². The van der Waals surface area contributed by atoms with E-state index in [-0.39, 0.29) is 18.4 Å². The molecule has 20 heavy (non-hydrogen) atoms. The van der Waals surface area contributed by atoms with Gasteiger partial charge in [0.05, 0.1) is 19.3 Å². The molecule has 0 saturated carbocycles. The van der Waals surface area contributed by atoms with Gasteiger partial charge >= 0.3 is 5.97 Å². The second kappa shape index (κ2) is 7.04. The Morgan fingerprint density at radius 1 is 1.30 bits per heavy atom. The molecule has 2 fully saturated rings. The number of hydrogen-bond acceptors (Lipinski definition) is 4. The second-order valence-corrected chi connectivity index (χ2v) is 5.84. The molecule has 6 heteroatoms. The third kappa shape index (κ3) is 4.45. The number of likely N-dealkylation sites (tertiary alicyclic amines) is 1. The summed E-state index contributed by atoms with van der Waals surface area (Å²) in [5.41, 5.74) is 0. The molecule has 0 aromatic rings. The van der Waals surface area contributed by atoms with E-state index < -0.39 is 5.97 Å². The van der Waals surface area contributed by atoms with E-state index >= 15 is 0 Å². The van der Waals surface area contributed by atoms with Crippen LogP contribution in [0.3, 0.4) is 0 Å². The highest BCUT2D eigenvalue weighted by molar-refractivity contribution is 5.78. The fourth-order valence-corrected chi connectivity index (χ4v) is 2.96. The summed E-state index contributed by atoms with van der Waals surface area (Å²) in [4.78, 5) is 26.8. The summed E-state index contributed by atoms with van der Waals surface area (Å²) < 4.78 is 5.44. The summed E-state index contributed by atoms with van der Waals surface area (Å²) >= 11 is 0. The number of morpholine rings is 1. The predicted octanol–water partition coefficient (Wildman–Crippen LogP) is 0.420. The van der Waals surface area contributed by atoms with Gasteiger partial charge in [0.1, 0.15) is 0 Å². The zero-order valence-corrected chi connectivity index (χ0v) is 12.1. The third-order valence-corrected chi connectivity index (χ3v) is 4.09. The molecule has 2 aliphatic rings. The number of rotatable bonds is 5. The number of carboxylic acid groups (broad SMARTS) is 1. The number of carboxylic acids is 1. The van der Waals surface area contributed by atoms with Gasteiger partial charge in [0.25, 0.3) is 0 Å². The van der Waals surface area contributed by atoms with Crippen LogP contribution in [-0.4, -0.2) is 72.2 Å². The molecule has 2 atom stereocenters. The smallest absolute Gasteiger partial charge is 0.303 e. The Balaban J connectivity index is 1.71. The van der Waals surface area contributed by atoms with Gasteiger partial charge in [-0.3, -0.25) is 14.5 Å². The van der Waals surface area contributed by atoms with Gasteiger partial charge in [0.15, 0.2) is 0 Å². The van der Waals surface area contributed by atoms with Gasteiger partial charge in [-0.2, -0.15) is 0 Å². The van der Waals surface area contributed by atoms with E-state index in [2.05, 4.69) is 4.90 Å². The predicted molar refractivity (Wildman–Crippen MR) is 73.4 cm³/mol. The van der Waals surface area contributed by atoms with Crippen LogP contribution in [-0.2, 0) is 14.3 Å². The third-order valence-electron chi connectivity index (χ3n) is 4.09. The second-order valence-electron chi connectivity index (χ2n) is 5.84. The summed E-state index contributed by atoms with van der Waals surface area (Å²) in [6.45, 7) is 6.16. The Morgan fingerprint density at radius 3 is 2.80 bits per heavy atom. The van der Waals surface area contributed by atoms with Crippen LogP contribution in [0.5, 0.6) is 0 Å². The zero-order chi connectivity index (χ0) is 14.5. The van der Waals surface area contributed by atoms with Crippen molar-refractivity contribution in [1.82, 2.24) is 9.80 Å². The lowest BCUT2D eigenvalue weighted by Gasteiger charge is -2.32. The number of carbonyl (C=O) groups excluding carboxylic acids is 1. The van der Waals surface area contributed by atoms with Gasteiger partial charge in [-0.1, -0.05) is 0 Å². The molecule has 2 aliphatic heterocycles. The van der Waals surface area contributed by atoms with Crippen LogP contribution in [0.2, 0.25) is 0 Å². The van der Waals surface area contributed by atoms with Crippen LogP contribution in [0.25, 0.3) is 0 Å². The average Bonchev–Trinajstić information content (AvgIpc) is 2.84. The molecule has 0 bridgehead atoms. The first-order valence-corrected chi connectivity index (χ1v) is 7.38. The fourth-order valence-electron chi connectivity index (χ4n) is 2.96. The van der Waals surface area contributed by atoms with Crippen molar-refractivity contribution in [2.45, 2.75) is 32.3 Å². The summed E-state index contributed by atoms with van der Waals surface area (Å²) in [5, 5.41) is 8.69. The van der Waals surface area contributed by atoms with E-state index in [1.807, 2.05) is 11.8 Å². The van der Waals surface area contributed by atoms with Gasteiger partial charge in [-0.25, -0.2) is 0 Å². The largest absolute Gasteiger partial charge is 0.481 e. The molecule has 6 nitrogen and oxygen atoms in total. The first kappa shape index (κ1) is 15.3. The van der Waals surface area contributed by atoms with E-state index in [9.17, 15) is 9.59 Å². The minimum absolute atomic E-state index is 0.120. The lowest BCUT2D eigenvalue weighted by Crippen LogP contribution is -2.48. The van der Waals surface area contributed by atoms with Crippen LogP contribution in [0.1, 0.15) is 26.2 Å². The first-order valence-electron chi connectivity index (χ1n) is 7.38. The van der Waals surface area contributed by atoms with Crippen molar-refractivity contribution in [2.24, 2.45) is 5.92 Å². The Hall–Kier alpha value is -1.14. The molecule has 2 rings (SSSR count). The Bertz CT molecular complexity index is 361. The van der Waals surface area contributed by atoms with Gasteiger partial charge in [-0.15, -0.1) is 0 Å². The highest BCUT2D eigenvalue weighted by atomic mass is 16.5. The molecule has 1 amide bonds. The van der Waals surface area contributed by atoms with Crippen LogP contribution >= 0.6 is 0 Å². The molecule has 0 aliphatic carbocycles. The van der Waals surface area contributed by atoms with Crippen molar-refractivity contribution in [3.8, 4) is 0 Å². The summed E-state index contributed by atoms with van der Waals surface area (Å²) in [7, 11) is 0. The van der Waals surface area contributed by atoms with Gasteiger partial charge in [0, 0.05) is 26.1 Å². The molecular weight excluding hydrogens is 260 g/mol. The molecule has 2 heterocycles. The standard InChI is InChI=1S/C14H24N2O4/c1-11-8-16(6-7-20-11)13(17)10-15-5-4-12(9-15)2-3-14(18)19/h11-12H,2-10H2,1H3,(H,18,19). The maximum absolute atomic E-state index is 12.2. The average molecular weight is 284 g/mol. The van der Waals surface area contributed by atoms with E-state index in [1.54, 1.807) is 0 Å². The van der Waals surface area contributed by atoms with Crippen LogP contribution in [0, 0.1) is 5.92 Å². The van der Waals surface area contributed by atoms with Gasteiger partial charge < -0.3 is 14.7 Å². The van der Waals surface area contributed by atoms with Crippen molar-refractivity contribution in [3.63, 3.8) is 0 Å². The number of aliphatic carboxylic acids is 1. The first-order chi connectivity index (χ1) is 9.54. The van der Waals surface area contributed by atoms with Crippen LogP contribution in [0.15, 0.2) is 0 Å². The van der Waals surface area contributed by atoms with E-state index in [0.29, 0.717) is 38.6 Å². The zero-order valence-electron chi connectivity index (χ0n) is 12.1. The van der Waals surface area contributed by atoms with Crippen LogP contribution in [0.4, 0.5) is 0 Å². The Morgan fingerprint density at radius 2 is 2.10 bits per heavy atom. The van der Waals surface area contributed by atoms with Gasteiger partial charge in [0.2, 0.25) is 5.91 Å². The molecule has 0 aromatic carbocycles. The number of carbonyl (C=O) groups is 2. The molecule has 2 unspecified atom stereocenters. The molecule has 114 valence electrons. The van der Waals surface area contributed by atoms with Crippen molar-refractivity contribution < 1.29 is 19.4 Å². The minimum Gasteiger partial charge on any atom is -0.481 e. The molecular formula is C14H24N2O4.